The molecule has 0 bridgehead atoms. The lowest BCUT2D eigenvalue weighted by Crippen LogP contribution is -1.97. The maximum Gasteiger partial charge on any atom is 0.119 e. The Morgan fingerprint density at radius 2 is 1.71 bits per heavy atom. The topological polar surface area (TPSA) is 9.23 Å². The Morgan fingerprint density at radius 3 is 2.24 bits per heavy atom. The SMILES string of the molecule is CC/C=C/CCOc1cc(CCl)cc(CCl)c1. The molecule has 1 aromatic carbocycles. The predicted octanol–water partition coefficient (Wildman–Crippen LogP) is 4.90. The van der Waals surface area contributed by atoms with Gasteiger partial charge in [-0.25, -0.2) is 0 Å². The summed E-state index contributed by atoms with van der Waals surface area (Å²) in [4.78, 5) is 0. The third-order valence-electron chi connectivity index (χ3n) is 2.29. The first-order valence-electron chi connectivity index (χ1n) is 5.82. The quantitative estimate of drug-likeness (QED) is 0.390. The molecule has 0 aliphatic heterocycles. The highest BCUT2D eigenvalue weighted by atomic mass is 35.5. The van der Waals surface area contributed by atoms with Crippen LogP contribution >= 0.6 is 23.2 Å². The Bertz CT molecular complexity index is 339. The smallest absolute Gasteiger partial charge is 0.119 e. The molecule has 1 nitrogen and oxygen atoms in total. The largest absolute Gasteiger partial charge is 0.493 e. The number of benzene rings is 1. The Hall–Kier alpha value is -0.660. The lowest BCUT2D eigenvalue weighted by molar-refractivity contribution is 0.324. The Balaban J connectivity index is 2.54. The molecule has 94 valence electrons. The zero-order valence-electron chi connectivity index (χ0n) is 10.1. The van der Waals surface area contributed by atoms with Crippen molar-refractivity contribution in [3.8, 4) is 5.75 Å². The first-order valence-corrected chi connectivity index (χ1v) is 6.89. The summed E-state index contributed by atoms with van der Waals surface area (Å²) in [7, 11) is 0. The zero-order chi connectivity index (χ0) is 12.5. The van der Waals surface area contributed by atoms with E-state index in [1.165, 1.54) is 0 Å². The molecular formula is C14H18Cl2O. The van der Waals surface area contributed by atoms with Gasteiger partial charge in [0.25, 0.3) is 0 Å². The van der Waals surface area contributed by atoms with Gasteiger partial charge in [-0.3, -0.25) is 0 Å². The van der Waals surface area contributed by atoms with E-state index in [-0.39, 0.29) is 0 Å². The van der Waals surface area contributed by atoms with Crippen LogP contribution in [0.4, 0.5) is 0 Å². The zero-order valence-corrected chi connectivity index (χ0v) is 11.6. The molecule has 0 radical (unpaired) electrons. The minimum absolute atomic E-state index is 0.483. The summed E-state index contributed by atoms with van der Waals surface area (Å²) in [5.41, 5.74) is 2.09. The maximum absolute atomic E-state index is 5.82. The Kier molecular flexibility index (Phi) is 7.14. The Morgan fingerprint density at radius 1 is 1.06 bits per heavy atom. The van der Waals surface area contributed by atoms with Gasteiger partial charge in [0.05, 0.1) is 6.61 Å². The maximum atomic E-state index is 5.82. The summed E-state index contributed by atoms with van der Waals surface area (Å²) < 4.78 is 5.67. The molecule has 0 amide bonds. The van der Waals surface area contributed by atoms with E-state index in [9.17, 15) is 0 Å². The van der Waals surface area contributed by atoms with Gasteiger partial charge >= 0.3 is 0 Å². The van der Waals surface area contributed by atoms with Gasteiger partial charge < -0.3 is 4.74 Å². The van der Waals surface area contributed by atoms with Crippen molar-refractivity contribution >= 4 is 23.2 Å². The highest BCUT2D eigenvalue weighted by Gasteiger charge is 2.00. The lowest BCUT2D eigenvalue weighted by atomic mass is 10.1. The van der Waals surface area contributed by atoms with Gasteiger partial charge in [0, 0.05) is 11.8 Å². The molecule has 0 aliphatic carbocycles. The molecule has 0 N–H and O–H groups in total. The van der Waals surface area contributed by atoms with Crippen LogP contribution in [0.1, 0.15) is 30.9 Å². The van der Waals surface area contributed by atoms with Crippen LogP contribution in [0, 0.1) is 0 Å². The number of allylic oxidation sites excluding steroid dienone is 1. The number of alkyl halides is 2. The highest BCUT2D eigenvalue weighted by Crippen LogP contribution is 2.20. The Labute approximate surface area is 113 Å². The predicted molar refractivity (Wildman–Crippen MR) is 75.1 cm³/mol. The molecule has 0 unspecified atom stereocenters. The van der Waals surface area contributed by atoms with E-state index < -0.39 is 0 Å². The van der Waals surface area contributed by atoms with Gasteiger partial charge in [0.1, 0.15) is 5.75 Å². The average molecular weight is 273 g/mol. The summed E-state index contributed by atoms with van der Waals surface area (Å²) in [5.74, 6) is 1.82. The van der Waals surface area contributed by atoms with Crippen molar-refractivity contribution in [2.45, 2.75) is 31.5 Å². The van der Waals surface area contributed by atoms with Gasteiger partial charge in [0.2, 0.25) is 0 Å². The standard InChI is InChI=1S/C14H18Cl2O/c1-2-3-4-5-6-17-14-8-12(10-15)7-13(9-14)11-16/h3-4,7-9H,2,5-6,10-11H2,1H3/b4-3+. The third-order valence-corrected chi connectivity index (χ3v) is 2.91. The molecule has 1 aromatic rings. The second-order valence-electron chi connectivity index (χ2n) is 3.77. The fraction of sp³-hybridized carbons (Fsp3) is 0.429. The molecule has 0 aliphatic rings. The van der Waals surface area contributed by atoms with Gasteiger partial charge in [-0.05, 0) is 36.1 Å². The van der Waals surface area contributed by atoms with Crippen molar-refractivity contribution in [1.29, 1.82) is 0 Å². The lowest BCUT2D eigenvalue weighted by Gasteiger charge is -2.08. The number of hydrogen-bond donors (Lipinski definition) is 0. The van der Waals surface area contributed by atoms with Gasteiger partial charge in [-0.1, -0.05) is 25.1 Å². The van der Waals surface area contributed by atoms with Gasteiger partial charge in [-0.15, -0.1) is 23.2 Å². The van der Waals surface area contributed by atoms with Crippen LogP contribution in [0.2, 0.25) is 0 Å². The second kappa shape index (κ2) is 8.43. The molecule has 3 heteroatoms. The summed E-state index contributed by atoms with van der Waals surface area (Å²) in [6.07, 6.45) is 6.27. The van der Waals surface area contributed by atoms with Crippen molar-refractivity contribution in [3.63, 3.8) is 0 Å². The minimum atomic E-state index is 0.483. The molecule has 0 fully saturated rings. The van der Waals surface area contributed by atoms with E-state index in [0.29, 0.717) is 18.4 Å². The first-order chi connectivity index (χ1) is 8.30. The van der Waals surface area contributed by atoms with Crippen LogP contribution in [-0.4, -0.2) is 6.61 Å². The molecular weight excluding hydrogens is 255 g/mol. The molecule has 0 aromatic heterocycles. The number of ether oxygens (including phenoxy) is 1. The molecule has 0 heterocycles. The normalized spacial score (nSPS) is 11.0. The first kappa shape index (κ1) is 14.4. The molecule has 1 rings (SSSR count). The van der Waals surface area contributed by atoms with Crippen LogP contribution in [0.3, 0.4) is 0 Å². The van der Waals surface area contributed by atoms with Gasteiger partial charge in [0.15, 0.2) is 0 Å². The van der Waals surface area contributed by atoms with Crippen molar-refractivity contribution < 1.29 is 4.74 Å². The van der Waals surface area contributed by atoms with Crippen LogP contribution in [0.5, 0.6) is 5.75 Å². The number of hydrogen-bond acceptors (Lipinski definition) is 1. The minimum Gasteiger partial charge on any atom is -0.493 e. The van der Waals surface area contributed by atoms with Crippen molar-refractivity contribution in [2.24, 2.45) is 0 Å². The highest BCUT2D eigenvalue weighted by molar-refractivity contribution is 6.17. The fourth-order valence-electron chi connectivity index (χ4n) is 1.50. The fourth-order valence-corrected chi connectivity index (χ4v) is 1.80. The van der Waals surface area contributed by atoms with E-state index in [4.69, 9.17) is 27.9 Å². The molecule has 17 heavy (non-hydrogen) atoms. The van der Waals surface area contributed by atoms with Crippen molar-refractivity contribution in [2.75, 3.05) is 6.61 Å². The second-order valence-corrected chi connectivity index (χ2v) is 4.30. The van der Waals surface area contributed by atoms with Crippen molar-refractivity contribution in [3.05, 3.63) is 41.5 Å². The summed E-state index contributed by atoms with van der Waals surface area (Å²) in [6.45, 7) is 2.80. The van der Waals surface area contributed by atoms with Crippen LogP contribution in [0.25, 0.3) is 0 Å². The van der Waals surface area contributed by atoms with Crippen LogP contribution in [0.15, 0.2) is 30.4 Å². The van der Waals surface area contributed by atoms with Crippen molar-refractivity contribution in [1.82, 2.24) is 0 Å². The van der Waals surface area contributed by atoms with Crippen LogP contribution in [-0.2, 0) is 11.8 Å². The average Bonchev–Trinajstić information content (AvgIpc) is 2.38. The molecule has 0 atom stereocenters. The van der Waals surface area contributed by atoms with E-state index in [1.54, 1.807) is 0 Å². The van der Waals surface area contributed by atoms with E-state index >= 15 is 0 Å². The summed E-state index contributed by atoms with van der Waals surface area (Å²) in [5, 5.41) is 0. The van der Waals surface area contributed by atoms with E-state index in [2.05, 4.69) is 19.1 Å². The monoisotopic (exact) mass is 272 g/mol. The van der Waals surface area contributed by atoms with Gasteiger partial charge in [-0.2, -0.15) is 0 Å². The summed E-state index contributed by atoms with van der Waals surface area (Å²) in [6, 6.07) is 5.93. The van der Waals surface area contributed by atoms with Crippen LogP contribution < -0.4 is 4.74 Å². The molecule has 0 saturated heterocycles. The molecule has 0 spiro atoms. The number of rotatable bonds is 7. The third kappa shape index (κ3) is 5.47. The summed E-state index contributed by atoms with van der Waals surface area (Å²) >= 11 is 11.6. The van der Waals surface area contributed by atoms with E-state index in [1.807, 2.05) is 18.2 Å². The number of halogens is 2. The van der Waals surface area contributed by atoms with E-state index in [0.717, 1.165) is 29.7 Å². The molecule has 0 saturated carbocycles.